The number of fused-ring (bicyclic) bond motifs is 1. The Labute approximate surface area is 272 Å². The number of hydrogen-bond donors (Lipinski definition) is 0. The molecule has 0 spiro atoms. The summed E-state index contributed by atoms with van der Waals surface area (Å²) in [6.45, 7) is 2.30. The molecule has 0 bridgehead atoms. The van der Waals surface area contributed by atoms with Crippen LogP contribution in [0.3, 0.4) is 0 Å². The molecule has 0 aliphatic heterocycles. The molecule has 5 aromatic heterocycles. The summed E-state index contributed by atoms with van der Waals surface area (Å²) in [6.07, 6.45) is 17.5. The summed E-state index contributed by atoms with van der Waals surface area (Å²) in [6, 6.07) is 14.2. The molecule has 5 rings (SSSR count). The van der Waals surface area contributed by atoms with Crippen molar-refractivity contribution in [2.24, 2.45) is 0 Å². The van der Waals surface area contributed by atoms with Gasteiger partial charge < -0.3 is 0 Å². The molecule has 0 nitrogen and oxygen atoms in total. The Morgan fingerprint density at radius 3 is 2.00 bits per heavy atom. The zero-order valence-electron chi connectivity index (χ0n) is 22.5. The summed E-state index contributed by atoms with van der Waals surface area (Å²) in [5, 5.41) is 2.17. The monoisotopic (exact) mass is 786 g/mol. The molecular formula is C32H36Br2S4Se. The van der Waals surface area contributed by atoms with Gasteiger partial charge in [-0.1, -0.05) is 26.2 Å². The van der Waals surface area contributed by atoms with Gasteiger partial charge in [0.1, 0.15) is 0 Å². The Morgan fingerprint density at radius 2 is 1.33 bits per heavy atom. The molecular weight excluding hydrogens is 751 g/mol. The van der Waals surface area contributed by atoms with Crippen LogP contribution < -0.4 is 0 Å². The van der Waals surface area contributed by atoms with Gasteiger partial charge in [0.15, 0.2) is 0 Å². The molecule has 0 atom stereocenters. The van der Waals surface area contributed by atoms with Crippen molar-refractivity contribution in [2.45, 2.75) is 90.4 Å². The molecule has 39 heavy (non-hydrogen) atoms. The van der Waals surface area contributed by atoms with Gasteiger partial charge in [-0.05, 0) is 0 Å². The Morgan fingerprint density at radius 1 is 0.667 bits per heavy atom. The van der Waals surface area contributed by atoms with Gasteiger partial charge in [0.05, 0.1) is 0 Å². The van der Waals surface area contributed by atoms with Gasteiger partial charge in [0, 0.05) is 0 Å². The van der Waals surface area contributed by atoms with Gasteiger partial charge in [-0.2, -0.15) is 0 Å². The first-order valence-electron chi connectivity index (χ1n) is 14.2. The van der Waals surface area contributed by atoms with E-state index < -0.39 is 0 Å². The van der Waals surface area contributed by atoms with Gasteiger partial charge in [0.2, 0.25) is 0 Å². The summed E-state index contributed by atoms with van der Waals surface area (Å²) in [7, 11) is 0. The number of thiophene rings is 4. The molecule has 0 aliphatic carbocycles. The summed E-state index contributed by atoms with van der Waals surface area (Å²) >= 11 is 15.8. The van der Waals surface area contributed by atoms with Crippen LogP contribution in [0.4, 0.5) is 0 Å². The summed E-state index contributed by atoms with van der Waals surface area (Å²) < 4.78 is 8.59. The molecule has 0 radical (unpaired) electrons. The zero-order chi connectivity index (χ0) is 27.0. The Bertz CT molecular complexity index is 1420. The van der Waals surface area contributed by atoms with Gasteiger partial charge in [-0.15, -0.1) is 0 Å². The minimum atomic E-state index is 0.409. The molecule has 5 heterocycles. The van der Waals surface area contributed by atoms with Crippen molar-refractivity contribution in [2.75, 3.05) is 0 Å². The van der Waals surface area contributed by atoms with Crippen molar-refractivity contribution in [1.82, 2.24) is 0 Å². The first-order valence-corrected chi connectivity index (χ1v) is 20.8. The van der Waals surface area contributed by atoms with E-state index in [4.69, 9.17) is 0 Å². The van der Waals surface area contributed by atoms with Crippen molar-refractivity contribution in [3.63, 3.8) is 0 Å². The van der Waals surface area contributed by atoms with Gasteiger partial charge in [0.25, 0.3) is 0 Å². The third-order valence-electron chi connectivity index (χ3n) is 7.11. The van der Waals surface area contributed by atoms with Crippen LogP contribution in [0.2, 0.25) is 0 Å². The second-order valence-corrected chi connectivity index (χ2v) is 18.9. The Kier molecular flexibility index (Phi) is 12.1. The number of aryl methyl sites for hydroxylation is 1. The van der Waals surface area contributed by atoms with Crippen molar-refractivity contribution in [3.05, 3.63) is 74.7 Å². The van der Waals surface area contributed by atoms with E-state index in [2.05, 4.69) is 80.6 Å². The van der Waals surface area contributed by atoms with Crippen LogP contribution in [0.1, 0.15) is 95.1 Å². The molecule has 0 N–H and O–H groups in total. The van der Waals surface area contributed by atoms with E-state index in [0.29, 0.717) is 14.5 Å². The third kappa shape index (κ3) is 8.76. The van der Waals surface area contributed by atoms with Crippen LogP contribution in [-0.2, 0) is 19.3 Å². The Balaban J connectivity index is 1.09. The number of rotatable bonds is 16. The predicted molar refractivity (Wildman–Crippen MR) is 187 cm³/mol. The third-order valence-corrected chi connectivity index (χ3v) is 16.5. The van der Waals surface area contributed by atoms with E-state index in [1.807, 2.05) is 45.3 Å². The van der Waals surface area contributed by atoms with E-state index in [-0.39, 0.29) is 0 Å². The topological polar surface area (TPSA) is 0 Å². The normalized spacial score (nSPS) is 11.8. The standard InChI is InChI=1S/C32H36Br2S4Se/c1-2-3-4-5-6-7-8-9-10-11-12-22-13-14-27(36-22)32-21-26(34)31(39-32)20-24-19-30-29(38-24)18-23(37-30)17-28-25(33)15-16-35-28/h13-16,18-19,21H,2-12,17,20H2,1H3. The first kappa shape index (κ1) is 30.5. The quantitative estimate of drug-likeness (QED) is 0.0690. The minimum absolute atomic E-state index is 0.409. The summed E-state index contributed by atoms with van der Waals surface area (Å²) in [4.78, 5) is 7.43. The fourth-order valence-electron chi connectivity index (χ4n) is 4.96. The van der Waals surface area contributed by atoms with Crippen molar-refractivity contribution >= 4 is 101 Å². The molecule has 0 saturated carbocycles. The van der Waals surface area contributed by atoms with E-state index >= 15 is 0 Å². The van der Waals surface area contributed by atoms with E-state index in [1.54, 1.807) is 13.8 Å². The van der Waals surface area contributed by atoms with Crippen molar-refractivity contribution in [3.8, 4) is 9.31 Å². The molecule has 0 aromatic carbocycles. The van der Waals surface area contributed by atoms with Gasteiger partial charge >= 0.3 is 249 Å². The van der Waals surface area contributed by atoms with Crippen LogP contribution in [0.5, 0.6) is 0 Å². The SMILES string of the molecule is CCCCCCCCCCCCc1ccc(-c2cc(Br)c(Cc3cc4sc(Cc5sccc5Br)cc4s3)[se]2)s1. The van der Waals surface area contributed by atoms with Crippen LogP contribution in [-0.4, -0.2) is 14.5 Å². The molecule has 0 fully saturated rings. The average molecular weight is 788 g/mol. The number of hydrogen-bond acceptors (Lipinski definition) is 4. The molecule has 0 amide bonds. The molecule has 0 saturated heterocycles. The van der Waals surface area contributed by atoms with E-state index in [1.165, 1.54) is 108 Å². The molecule has 5 aromatic rings. The second-order valence-electron chi connectivity index (χ2n) is 10.3. The summed E-state index contributed by atoms with van der Waals surface area (Å²) in [5.74, 6) is 0. The maximum atomic E-state index is 3.91. The fourth-order valence-corrected chi connectivity index (χ4v) is 13.9. The molecule has 7 heteroatoms. The Hall–Kier alpha value is 0.0195. The second kappa shape index (κ2) is 15.5. The van der Waals surface area contributed by atoms with Crippen molar-refractivity contribution in [1.29, 1.82) is 0 Å². The molecule has 0 aliphatic rings. The average Bonchev–Trinajstić information content (AvgIpc) is 3.73. The van der Waals surface area contributed by atoms with E-state index in [0.717, 1.165) is 12.8 Å². The zero-order valence-corrected chi connectivity index (χ0v) is 30.7. The fraction of sp³-hybridized carbons (Fsp3) is 0.438. The number of unbranched alkanes of at least 4 members (excludes halogenated alkanes) is 9. The van der Waals surface area contributed by atoms with Gasteiger partial charge in [-0.3, -0.25) is 0 Å². The van der Waals surface area contributed by atoms with Crippen LogP contribution in [0.25, 0.3) is 18.7 Å². The van der Waals surface area contributed by atoms with Crippen LogP contribution >= 0.6 is 77.2 Å². The molecule has 0 unspecified atom stereocenters. The molecule has 208 valence electrons. The van der Waals surface area contributed by atoms with E-state index in [9.17, 15) is 0 Å². The number of halogens is 2. The first-order chi connectivity index (χ1) is 19.1. The maximum absolute atomic E-state index is 3.91. The summed E-state index contributed by atoms with van der Waals surface area (Å²) in [5.41, 5.74) is 0. The predicted octanol–water partition coefficient (Wildman–Crippen LogP) is 13.0. The van der Waals surface area contributed by atoms with Crippen molar-refractivity contribution < 1.29 is 0 Å². The van der Waals surface area contributed by atoms with Gasteiger partial charge in [-0.25, -0.2) is 0 Å². The van der Waals surface area contributed by atoms with Crippen LogP contribution in [0.15, 0.2) is 50.7 Å². The van der Waals surface area contributed by atoms with Crippen LogP contribution in [0, 0.1) is 0 Å².